The fourth-order valence-corrected chi connectivity index (χ4v) is 3.03. The van der Waals surface area contributed by atoms with Crippen LogP contribution in [0.4, 0.5) is 5.82 Å². The number of nitrogens with zero attached hydrogens (tertiary/aromatic N) is 3. The minimum absolute atomic E-state index is 0.0996. The van der Waals surface area contributed by atoms with Crippen LogP contribution in [0.2, 0.25) is 0 Å². The summed E-state index contributed by atoms with van der Waals surface area (Å²) in [7, 11) is 0. The van der Waals surface area contributed by atoms with E-state index in [0.717, 1.165) is 11.5 Å². The van der Waals surface area contributed by atoms with Gasteiger partial charge in [0.15, 0.2) is 0 Å². The molecule has 0 atom stereocenters. The van der Waals surface area contributed by atoms with E-state index in [1.807, 2.05) is 17.5 Å². The number of imidazole rings is 1. The molecule has 2 aromatic rings. The van der Waals surface area contributed by atoms with Crippen LogP contribution in [-0.2, 0) is 0 Å². The molecule has 0 aliphatic rings. The first-order valence-electron chi connectivity index (χ1n) is 4.41. The zero-order chi connectivity index (χ0) is 10.1. The summed E-state index contributed by atoms with van der Waals surface area (Å²) in [6.07, 6.45) is 4.03. The number of hydrogen-bond donors (Lipinski definition) is 1. The van der Waals surface area contributed by atoms with Gasteiger partial charge in [-0.1, -0.05) is 0 Å². The second kappa shape index (κ2) is 3.72. The first-order chi connectivity index (χ1) is 6.72. The SMILES string of the molecule is CC[I-]c1cnc2c(N)nc(C)n2c1. The van der Waals surface area contributed by atoms with Crippen molar-refractivity contribution in [2.24, 2.45) is 0 Å². The van der Waals surface area contributed by atoms with E-state index in [1.165, 1.54) is 8.00 Å². The Balaban J connectivity index is 2.59. The van der Waals surface area contributed by atoms with Crippen LogP contribution in [0.25, 0.3) is 5.65 Å². The molecule has 0 saturated heterocycles. The number of halogens is 1. The van der Waals surface area contributed by atoms with E-state index in [2.05, 4.69) is 23.1 Å². The van der Waals surface area contributed by atoms with Gasteiger partial charge in [-0.05, 0) is 0 Å². The molecule has 0 saturated carbocycles. The van der Waals surface area contributed by atoms with Crippen molar-refractivity contribution in [2.75, 3.05) is 10.2 Å². The number of nitrogen functional groups attached to an aromatic ring is 1. The van der Waals surface area contributed by atoms with Crippen molar-refractivity contribution in [3.63, 3.8) is 0 Å². The fraction of sp³-hybridized carbons (Fsp3) is 0.333. The molecular formula is C9H12IN4-. The van der Waals surface area contributed by atoms with Crippen molar-refractivity contribution in [3.8, 4) is 0 Å². The van der Waals surface area contributed by atoms with E-state index >= 15 is 0 Å². The first-order valence-corrected chi connectivity index (χ1v) is 7.02. The minimum atomic E-state index is 0.0996. The maximum atomic E-state index is 5.72. The van der Waals surface area contributed by atoms with Crippen molar-refractivity contribution in [3.05, 3.63) is 21.8 Å². The van der Waals surface area contributed by atoms with Crippen LogP contribution in [0, 0.1) is 10.5 Å². The molecule has 4 nitrogen and oxygen atoms in total. The number of hydrogen-bond acceptors (Lipinski definition) is 3. The number of alkyl halides is 1. The van der Waals surface area contributed by atoms with Crippen LogP contribution in [0.1, 0.15) is 12.7 Å². The van der Waals surface area contributed by atoms with Crippen molar-refractivity contribution < 1.29 is 21.2 Å². The molecule has 0 aliphatic heterocycles. The van der Waals surface area contributed by atoms with Gasteiger partial charge in [0.05, 0.1) is 0 Å². The predicted molar refractivity (Wildman–Crippen MR) is 51.4 cm³/mol. The normalized spacial score (nSPS) is 11.3. The second-order valence-electron chi connectivity index (χ2n) is 2.91. The summed E-state index contributed by atoms with van der Waals surface area (Å²) in [6.45, 7) is 4.14. The van der Waals surface area contributed by atoms with Gasteiger partial charge in [0.1, 0.15) is 0 Å². The maximum absolute atomic E-state index is 5.72. The van der Waals surface area contributed by atoms with Crippen LogP contribution in [0.5, 0.6) is 0 Å². The standard InChI is InChI=1S/C9H12IN4/c1-3-10-7-4-12-9-8(11)13-6(2)14(9)5-7/h4-5H,3,11H2,1-2H3/q-1. The van der Waals surface area contributed by atoms with Gasteiger partial charge >= 0.3 is 92.8 Å². The summed E-state index contributed by atoms with van der Waals surface area (Å²) in [5.41, 5.74) is 6.49. The molecule has 0 bridgehead atoms. The second-order valence-corrected chi connectivity index (χ2v) is 6.44. The van der Waals surface area contributed by atoms with E-state index in [-0.39, 0.29) is 21.2 Å². The Morgan fingerprint density at radius 1 is 1.57 bits per heavy atom. The molecule has 2 rings (SSSR count). The molecule has 0 aliphatic carbocycles. The molecule has 0 unspecified atom stereocenters. The Morgan fingerprint density at radius 2 is 2.36 bits per heavy atom. The van der Waals surface area contributed by atoms with Crippen molar-refractivity contribution in [2.45, 2.75) is 13.8 Å². The molecule has 0 amide bonds. The number of fused-ring (bicyclic) bond motifs is 1. The predicted octanol–water partition coefficient (Wildman–Crippen LogP) is -2.10. The van der Waals surface area contributed by atoms with Gasteiger partial charge in [-0.25, -0.2) is 0 Å². The van der Waals surface area contributed by atoms with E-state index < -0.39 is 0 Å². The summed E-state index contributed by atoms with van der Waals surface area (Å²) < 4.78 is 4.54. The summed E-state index contributed by atoms with van der Waals surface area (Å²) in [4.78, 5) is 8.50. The topological polar surface area (TPSA) is 56.2 Å². The zero-order valence-corrected chi connectivity index (χ0v) is 10.3. The molecule has 0 radical (unpaired) electrons. The van der Waals surface area contributed by atoms with Crippen LogP contribution >= 0.6 is 0 Å². The van der Waals surface area contributed by atoms with Gasteiger partial charge in [-0.15, -0.1) is 0 Å². The van der Waals surface area contributed by atoms with Gasteiger partial charge in [0.2, 0.25) is 0 Å². The van der Waals surface area contributed by atoms with Crippen LogP contribution < -0.4 is 26.9 Å². The summed E-state index contributed by atoms with van der Waals surface area (Å²) >= 11 is 0.0996. The van der Waals surface area contributed by atoms with Gasteiger partial charge < -0.3 is 0 Å². The third-order valence-corrected chi connectivity index (χ3v) is 4.14. The third kappa shape index (κ3) is 1.56. The number of aromatic nitrogens is 3. The Morgan fingerprint density at radius 3 is 3.07 bits per heavy atom. The fourth-order valence-electron chi connectivity index (χ4n) is 1.34. The van der Waals surface area contributed by atoms with Crippen LogP contribution in [0.15, 0.2) is 12.4 Å². The molecule has 0 aromatic carbocycles. The Kier molecular flexibility index (Phi) is 2.58. The summed E-state index contributed by atoms with van der Waals surface area (Å²) in [6, 6.07) is 0. The van der Waals surface area contributed by atoms with E-state index in [1.54, 1.807) is 0 Å². The van der Waals surface area contributed by atoms with E-state index in [0.29, 0.717) is 5.82 Å². The first kappa shape index (κ1) is 9.70. The molecule has 76 valence electrons. The van der Waals surface area contributed by atoms with Crippen molar-refractivity contribution in [1.82, 2.24) is 14.4 Å². The van der Waals surface area contributed by atoms with Gasteiger partial charge in [0.25, 0.3) is 0 Å². The van der Waals surface area contributed by atoms with Crippen molar-refractivity contribution in [1.29, 1.82) is 0 Å². The molecular weight excluding hydrogens is 291 g/mol. The Labute approximate surface area is 92.8 Å². The molecule has 2 aromatic heterocycles. The average Bonchev–Trinajstić information content (AvgIpc) is 2.43. The summed E-state index contributed by atoms with van der Waals surface area (Å²) in [5.74, 6) is 1.43. The van der Waals surface area contributed by atoms with Gasteiger partial charge in [-0.2, -0.15) is 0 Å². The number of anilines is 1. The average molecular weight is 303 g/mol. The molecule has 14 heavy (non-hydrogen) atoms. The number of rotatable bonds is 2. The molecule has 2 N–H and O–H groups in total. The molecule has 0 fully saturated rings. The quantitative estimate of drug-likeness (QED) is 0.511. The zero-order valence-electron chi connectivity index (χ0n) is 8.16. The number of nitrogens with two attached hydrogens (primary N) is 1. The van der Waals surface area contributed by atoms with Crippen LogP contribution in [-0.4, -0.2) is 18.8 Å². The molecule has 2 heterocycles. The summed E-state index contributed by atoms with van der Waals surface area (Å²) in [5, 5.41) is 0. The molecule has 0 spiro atoms. The number of aryl methyl sites for hydroxylation is 1. The Bertz CT molecular complexity index is 463. The van der Waals surface area contributed by atoms with Gasteiger partial charge in [-0.3, -0.25) is 0 Å². The third-order valence-electron chi connectivity index (χ3n) is 1.94. The van der Waals surface area contributed by atoms with Crippen molar-refractivity contribution >= 4 is 11.5 Å². The monoisotopic (exact) mass is 303 g/mol. The van der Waals surface area contributed by atoms with Crippen LogP contribution in [0.3, 0.4) is 0 Å². The van der Waals surface area contributed by atoms with Gasteiger partial charge in [0, 0.05) is 0 Å². The molecule has 5 heteroatoms. The Hall–Kier alpha value is -0.850. The van der Waals surface area contributed by atoms with E-state index in [4.69, 9.17) is 5.73 Å². The van der Waals surface area contributed by atoms with E-state index in [9.17, 15) is 0 Å².